The number of fused-ring (bicyclic) bond motifs is 2. The molecule has 41 heavy (non-hydrogen) atoms. The molecule has 9 heteroatoms. The zero-order valence-corrected chi connectivity index (χ0v) is 22.9. The summed E-state index contributed by atoms with van der Waals surface area (Å²) < 4.78 is 18.8. The van der Waals surface area contributed by atoms with E-state index >= 15 is 0 Å². The van der Waals surface area contributed by atoms with Crippen molar-refractivity contribution in [2.45, 2.75) is 19.6 Å². The molecule has 206 valence electrons. The average molecular weight is 548 g/mol. The topological polar surface area (TPSA) is 99.5 Å². The Morgan fingerprint density at radius 3 is 2.63 bits per heavy atom. The number of amides is 1. The fraction of sp³-hybridized carbons (Fsp3) is 0.156. The highest BCUT2D eigenvalue weighted by Gasteiger charge is 2.34. The van der Waals surface area contributed by atoms with Gasteiger partial charge in [0.2, 0.25) is 5.95 Å². The summed E-state index contributed by atoms with van der Waals surface area (Å²) in [7, 11) is 3.13. The highest BCUT2D eigenvalue weighted by Crippen LogP contribution is 2.37. The Bertz CT molecular complexity index is 1770. The van der Waals surface area contributed by atoms with Crippen LogP contribution < -0.4 is 24.8 Å². The summed E-state index contributed by atoms with van der Waals surface area (Å²) in [4.78, 5) is 18.2. The van der Waals surface area contributed by atoms with Crippen LogP contribution in [0.2, 0.25) is 0 Å². The van der Waals surface area contributed by atoms with E-state index in [1.807, 2.05) is 49.4 Å². The molecule has 1 atom stereocenters. The molecule has 0 radical (unpaired) electrons. The predicted molar refractivity (Wildman–Crippen MR) is 157 cm³/mol. The molecule has 6 rings (SSSR count). The Morgan fingerprint density at radius 1 is 0.951 bits per heavy atom. The first-order chi connectivity index (χ1) is 20.1. The number of nitrogens with zero attached hydrogens (tertiary/aromatic N) is 3. The monoisotopic (exact) mass is 547 g/mol. The molecular weight excluding hydrogens is 518 g/mol. The van der Waals surface area contributed by atoms with Crippen molar-refractivity contribution < 1.29 is 19.0 Å². The number of methoxy groups -OCH3 is 2. The van der Waals surface area contributed by atoms with Crippen molar-refractivity contribution in [3.8, 4) is 17.2 Å². The van der Waals surface area contributed by atoms with E-state index in [9.17, 15) is 4.79 Å². The number of rotatable bonds is 8. The van der Waals surface area contributed by atoms with E-state index in [2.05, 4.69) is 45.0 Å². The van der Waals surface area contributed by atoms with Gasteiger partial charge >= 0.3 is 0 Å². The van der Waals surface area contributed by atoms with Crippen LogP contribution in [-0.2, 0) is 11.4 Å². The molecule has 1 amide bonds. The number of allylic oxidation sites excluding steroid dienone is 1. The molecule has 9 nitrogen and oxygen atoms in total. The van der Waals surface area contributed by atoms with Crippen molar-refractivity contribution in [2.24, 2.45) is 0 Å². The maximum atomic E-state index is 13.9. The van der Waals surface area contributed by atoms with Crippen molar-refractivity contribution in [1.29, 1.82) is 0 Å². The molecule has 0 spiro atoms. The zero-order valence-electron chi connectivity index (χ0n) is 22.9. The summed E-state index contributed by atoms with van der Waals surface area (Å²) in [6.45, 7) is 2.26. The first-order valence-electron chi connectivity index (χ1n) is 13.2. The van der Waals surface area contributed by atoms with Gasteiger partial charge in [0.1, 0.15) is 36.2 Å². The van der Waals surface area contributed by atoms with Crippen LogP contribution in [0.15, 0.2) is 103 Å². The molecule has 0 saturated carbocycles. The Hall–Kier alpha value is -5.31. The van der Waals surface area contributed by atoms with E-state index in [1.165, 1.54) is 11.7 Å². The third-order valence-corrected chi connectivity index (χ3v) is 7.14. The van der Waals surface area contributed by atoms with E-state index < -0.39 is 6.04 Å². The maximum absolute atomic E-state index is 13.9. The van der Waals surface area contributed by atoms with Crippen molar-refractivity contribution >= 4 is 28.3 Å². The Labute approximate surface area is 237 Å². The molecule has 0 bridgehead atoms. The van der Waals surface area contributed by atoms with Gasteiger partial charge in [0.05, 0.1) is 25.5 Å². The standard InChI is InChI=1S/C32H29N5O4/c1-20-29(31(38)36-27-17-24(39-2)14-15-28(27)40-3)30(37-32(35-20)33-19-34-37)22-10-7-12-25(16-22)41-18-23-11-6-9-21-8-4-5-13-26(21)23/h4-17,19,30H,18H2,1-3H3,(H,36,38)(H,33,34,35). The highest BCUT2D eigenvalue weighted by molar-refractivity contribution is 6.06. The number of hydrogen-bond donors (Lipinski definition) is 2. The molecular formula is C32H29N5O4. The number of benzene rings is 4. The molecule has 0 aliphatic carbocycles. The van der Waals surface area contributed by atoms with E-state index in [4.69, 9.17) is 14.2 Å². The van der Waals surface area contributed by atoms with Gasteiger partial charge in [-0.15, -0.1) is 0 Å². The van der Waals surface area contributed by atoms with E-state index in [0.717, 1.165) is 16.5 Å². The molecule has 2 N–H and O–H groups in total. The Kier molecular flexibility index (Phi) is 6.99. The minimum Gasteiger partial charge on any atom is -0.497 e. The third kappa shape index (κ3) is 5.05. The van der Waals surface area contributed by atoms with Crippen LogP contribution in [0.1, 0.15) is 24.1 Å². The normalized spacial score (nSPS) is 14.3. The van der Waals surface area contributed by atoms with Crippen LogP contribution in [0.4, 0.5) is 11.6 Å². The molecule has 1 aliphatic rings. The number of ether oxygens (including phenoxy) is 3. The molecule has 4 aromatic carbocycles. The fourth-order valence-electron chi connectivity index (χ4n) is 5.15. The minimum absolute atomic E-state index is 0.310. The largest absolute Gasteiger partial charge is 0.497 e. The molecule has 0 saturated heterocycles. The van der Waals surface area contributed by atoms with Crippen molar-refractivity contribution in [3.63, 3.8) is 0 Å². The van der Waals surface area contributed by atoms with E-state index in [0.29, 0.717) is 46.8 Å². The SMILES string of the molecule is COc1ccc(OC)c(NC(=O)C2=C(C)Nc3ncnn3C2c2cccc(OCc3cccc4ccccc34)c2)c1. The second-order valence-corrected chi connectivity index (χ2v) is 9.61. The van der Waals surface area contributed by atoms with Crippen molar-refractivity contribution in [3.05, 3.63) is 114 Å². The third-order valence-electron chi connectivity index (χ3n) is 7.14. The van der Waals surface area contributed by atoms with Crippen LogP contribution in [-0.4, -0.2) is 34.9 Å². The lowest BCUT2D eigenvalue weighted by Gasteiger charge is -2.29. The molecule has 1 unspecified atom stereocenters. The fourth-order valence-corrected chi connectivity index (χ4v) is 5.15. The number of hydrogen-bond acceptors (Lipinski definition) is 7. The van der Waals surface area contributed by atoms with Crippen LogP contribution in [0.25, 0.3) is 10.8 Å². The maximum Gasteiger partial charge on any atom is 0.255 e. The number of carbonyl (C=O) groups is 1. The first-order valence-corrected chi connectivity index (χ1v) is 13.2. The van der Waals surface area contributed by atoms with Crippen LogP contribution in [0.3, 0.4) is 0 Å². The van der Waals surface area contributed by atoms with Crippen LogP contribution in [0.5, 0.6) is 17.2 Å². The van der Waals surface area contributed by atoms with Gasteiger partial charge in [-0.05, 0) is 53.1 Å². The summed E-state index contributed by atoms with van der Waals surface area (Å²) in [6, 6.07) is 26.9. The van der Waals surface area contributed by atoms with Gasteiger partial charge in [-0.2, -0.15) is 10.1 Å². The summed E-state index contributed by atoms with van der Waals surface area (Å²) in [5.74, 6) is 2.03. The molecule has 2 heterocycles. The summed E-state index contributed by atoms with van der Waals surface area (Å²) in [5, 5.41) is 13.0. The molecule has 0 fully saturated rings. The molecule has 1 aliphatic heterocycles. The molecule has 1 aromatic heterocycles. The quantitative estimate of drug-likeness (QED) is 0.247. The predicted octanol–water partition coefficient (Wildman–Crippen LogP) is 5.96. The number of anilines is 2. The molecule has 5 aromatic rings. The highest BCUT2D eigenvalue weighted by atomic mass is 16.5. The summed E-state index contributed by atoms with van der Waals surface area (Å²) in [5.41, 5.74) is 3.57. The lowest BCUT2D eigenvalue weighted by Crippen LogP contribution is -2.31. The zero-order chi connectivity index (χ0) is 28.3. The lowest BCUT2D eigenvalue weighted by atomic mass is 9.94. The van der Waals surface area contributed by atoms with Gasteiger partial charge in [-0.3, -0.25) is 4.79 Å². The Morgan fingerprint density at radius 2 is 1.78 bits per heavy atom. The first kappa shape index (κ1) is 25.9. The summed E-state index contributed by atoms with van der Waals surface area (Å²) >= 11 is 0. The van der Waals surface area contributed by atoms with Gasteiger partial charge in [0, 0.05) is 11.8 Å². The smallest absolute Gasteiger partial charge is 0.255 e. The average Bonchev–Trinajstić information content (AvgIpc) is 3.47. The van der Waals surface area contributed by atoms with Crippen LogP contribution >= 0.6 is 0 Å². The number of nitrogens with one attached hydrogen (secondary N) is 2. The number of carbonyl (C=O) groups excluding carboxylic acids is 1. The van der Waals surface area contributed by atoms with Gasteiger partial charge in [0.25, 0.3) is 5.91 Å². The lowest BCUT2D eigenvalue weighted by molar-refractivity contribution is -0.113. The van der Waals surface area contributed by atoms with E-state index in [1.54, 1.807) is 37.1 Å². The summed E-state index contributed by atoms with van der Waals surface area (Å²) in [6.07, 6.45) is 1.47. The second-order valence-electron chi connectivity index (χ2n) is 9.61. The second kappa shape index (κ2) is 11.1. The minimum atomic E-state index is -0.550. The van der Waals surface area contributed by atoms with Crippen molar-refractivity contribution in [1.82, 2.24) is 14.8 Å². The van der Waals surface area contributed by atoms with Gasteiger partial charge in [-0.1, -0.05) is 54.6 Å². The van der Waals surface area contributed by atoms with Crippen LogP contribution in [0, 0.1) is 0 Å². The van der Waals surface area contributed by atoms with Crippen molar-refractivity contribution in [2.75, 3.05) is 24.9 Å². The Balaban J connectivity index is 1.32. The van der Waals surface area contributed by atoms with Gasteiger partial charge < -0.3 is 24.8 Å². The van der Waals surface area contributed by atoms with E-state index in [-0.39, 0.29) is 5.91 Å². The van der Waals surface area contributed by atoms with Gasteiger partial charge in [0.15, 0.2) is 0 Å². The van der Waals surface area contributed by atoms with Gasteiger partial charge in [-0.25, -0.2) is 4.68 Å². The number of aromatic nitrogens is 3.